The van der Waals surface area contributed by atoms with Crippen LogP contribution < -0.4 is 14.5 Å². The number of benzene rings is 1. The summed E-state index contributed by atoms with van der Waals surface area (Å²) in [5, 5.41) is 16.8. The number of aromatic nitrogens is 3. The lowest BCUT2D eigenvalue weighted by Crippen LogP contribution is -2.47. The zero-order valence-corrected chi connectivity index (χ0v) is 18.4. The van der Waals surface area contributed by atoms with Crippen molar-refractivity contribution in [2.45, 2.75) is 91.9 Å². The van der Waals surface area contributed by atoms with Crippen molar-refractivity contribution in [3.8, 4) is 5.75 Å². The molecule has 1 atom stereocenters. The van der Waals surface area contributed by atoms with Crippen LogP contribution in [0.3, 0.4) is 0 Å². The van der Waals surface area contributed by atoms with E-state index >= 15 is 0 Å². The first-order valence-electron chi connectivity index (χ1n) is 10.8. The lowest BCUT2D eigenvalue weighted by molar-refractivity contribution is 0.218. The second kappa shape index (κ2) is 9.48. The molecule has 29 heavy (non-hydrogen) atoms. The van der Waals surface area contributed by atoms with Gasteiger partial charge in [-0.2, -0.15) is 0 Å². The van der Waals surface area contributed by atoms with Crippen molar-refractivity contribution in [3.05, 3.63) is 30.1 Å². The van der Waals surface area contributed by atoms with Crippen LogP contribution in [0.4, 0.5) is 11.4 Å². The van der Waals surface area contributed by atoms with Gasteiger partial charge in [-0.3, -0.25) is 0 Å². The highest BCUT2D eigenvalue weighted by Crippen LogP contribution is 2.43. The summed E-state index contributed by atoms with van der Waals surface area (Å²) >= 11 is 0. The summed E-state index contributed by atoms with van der Waals surface area (Å²) < 4.78 is 7.44. The standard InChI is InChI=1S/C18H27N5O2.C4H8/c1-12(2)22-14(5)23(13(3)4)18-8-16(6-7-17(18)22)25-11-21-9-15(10-24)19-20-21;1-2-4-3-1/h6-9,12-14,24H,10-11H2,1-5H3;1-4H2. The molecule has 1 N–H and O–H groups in total. The SMILES string of the molecule is C1CCC1.CC(C)N1c2ccc(OCn3cc(CO)nn3)cc2N(C(C)C)C1C. The van der Waals surface area contributed by atoms with E-state index in [0.717, 1.165) is 5.75 Å². The summed E-state index contributed by atoms with van der Waals surface area (Å²) in [4.78, 5) is 4.85. The predicted octanol–water partition coefficient (Wildman–Crippen LogP) is 4.16. The molecule has 0 amide bonds. The average Bonchev–Trinajstić information content (AvgIpc) is 3.19. The van der Waals surface area contributed by atoms with Gasteiger partial charge in [-0.25, -0.2) is 4.68 Å². The molecule has 0 bridgehead atoms. The first kappa shape index (κ1) is 21.4. The number of fused-ring (bicyclic) bond motifs is 1. The molecule has 2 heterocycles. The maximum atomic E-state index is 9.05. The lowest BCUT2D eigenvalue weighted by Gasteiger charge is -2.35. The van der Waals surface area contributed by atoms with Crippen molar-refractivity contribution in [1.29, 1.82) is 0 Å². The highest BCUT2D eigenvalue weighted by Gasteiger charge is 2.35. The van der Waals surface area contributed by atoms with E-state index in [2.05, 4.69) is 66.9 Å². The molecule has 1 fully saturated rings. The van der Waals surface area contributed by atoms with Crippen LogP contribution >= 0.6 is 0 Å². The molecular formula is C22H35N5O2. The van der Waals surface area contributed by atoms with Gasteiger partial charge in [0.15, 0.2) is 6.73 Å². The van der Waals surface area contributed by atoms with Gasteiger partial charge in [0.2, 0.25) is 0 Å². The number of nitrogens with zero attached hydrogens (tertiary/aromatic N) is 5. The third kappa shape index (κ3) is 4.83. The molecule has 2 aromatic rings. The Balaban J connectivity index is 0.000000536. The summed E-state index contributed by atoms with van der Waals surface area (Å²) in [5.41, 5.74) is 2.97. The van der Waals surface area contributed by atoms with Gasteiger partial charge in [-0.05, 0) is 46.8 Å². The predicted molar refractivity (Wildman–Crippen MR) is 116 cm³/mol. The summed E-state index contributed by atoms with van der Waals surface area (Å²) in [6.07, 6.45) is 7.99. The third-order valence-electron chi connectivity index (χ3n) is 5.53. The average molecular weight is 402 g/mol. The Morgan fingerprint density at radius 1 is 1.03 bits per heavy atom. The molecule has 0 radical (unpaired) electrons. The topological polar surface area (TPSA) is 66.6 Å². The second-order valence-electron chi connectivity index (χ2n) is 8.38. The van der Waals surface area contributed by atoms with E-state index in [-0.39, 0.29) is 13.3 Å². The van der Waals surface area contributed by atoms with Crippen molar-refractivity contribution in [2.24, 2.45) is 0 Å². The molecule has 7 heteroatoms. The van der Waals surface area contributed by atoms with Gasteiger partial charge >= 0.3 is 0 Å². The molecule has 0 saturated heterocycles. The van der Waals surface area contributed by atoms with Crippen molar-refractivity contribution >= 4 is 11.4 Å². The van der Waals surface area contributed by atoms with Crippen LogP contribution in [-0.2, 0) is 13.3 Å². The first-order chi connectivity index (χ1) is 13.9. The maximum absolute atomic E-state index is 9.05. The number of aliphatic hydroxyl groups excluding tert-OH is 1. The maximum Gasteiger partial charge on any atom is 0.182 e. The number of aliphatic hydroxyl groups is 1. The fourth-order valence-electron chi connectivity index (χ4n) is 3.84. The Labute approximate surface area is 174 Å². The lowest BCUT2D eigenvalue weighted by atomic mass is 10.0. The fraction of sp³-hybridized carbons (Fsp3) is 0.636. The van der Waals surface area contributed by atoms with E-state index in [9.17, 15) is 0 Å². The molecule has 7 nitrogen and oxygen atoms in total. The van der Waals surface area contributed by atoms with Crippen LogP contribution in [0.15, 0.2) is 24.4 Å². The molecular weight excluding hydrogens is 366 g/mol. The van der Waals surface area contributed by atoms with Gasteiger partial charge in [-0.1, -0.05) is 30.9 Å². The van der Waals surface area contributed by atoms with E-state index in [0.29, 0.717) is 23.9 Å². The highest BCUT2D eigenvalue weighted by atomic mass is 16.5. The zero-order chi connectivity index (χ0) is 21.0. The summed E-state index contributed by atoms with van der Waals surface area (Å²) in [6.45, 7) is 11.2. The van der Waals surface area contributed by atoms with Crippen LogP contribution in [0.25, 0.3) is 0 Å². The van der Waals surface area contributed by atoms with Crippen molar-refractivity contribution in [3.63, 3.8) is 0 Å². The Hall–Kier alpha value is -2.28. The number of rotatable bonds is 6. The Morgan fingerprint density at radius 3 is 2.17 bits per heavy atom. The molecule has 1 aliphatic carbocycles. The van der Waals surface area contributed by atoms with E-state index in [1.807, 2.05) is 6.07 Å². The quantitative estimate of drug-likeness (QED) is 0.784. The van der Waals surface area contributed by atoms with Crippen LogP contribution in [0.5, 0.6) is 5.75 Å². The van der Waals surface area contributed by atoms with Crippen molar-refractivity contribution < 1.29 is 9.84 Å². The normalized spacial score (nSPS) is 17.9. The van der Waals surface area contributed by atoms with Gasteiger partial charge in [0.05, 0.1) is 30.3 Å². The minimum absolute atomic E-state index is 0.120. The van der Waals surface area contributed by atoms with Gasteiger partial charge < -0.3 is 19.6 Å². The molecule has 1 aromatic heterocycles. The second-order valence-corrected chi connectivity index (χ2v) is 8.38. The van der Waals surface area contributed by atoms with E-state index in [1.165, 1.54) is 37.1 Å². The largest absolute Gasteiger partial charge is 0.471 e. The molecule has 160 valence electrons. The van der Waals surface area contributed by atoms with Gasteiger partial charge in [0.25, 0.3) is 0 Å². The minimum atomic E-state index is -0.120. The van der Waals surface area contributed by atoms with Gasteiger partial charge in [-0.15, -0.1) is 5.10 Å². The van der Waals surface area contributed by atoms with Crippen LogP contribution in [0, 0.1) is 0 Å². The van der Waals surface area contributed by atoms with Crippen LogP contribution in [-0.4, -0.2) is 38.3 Å². The zero-order valence-electron chi connectivity index (χ0n) is 18.4. The molecule has 1 aliphatic heterocycles. The third-order valence-corrected chi connectivity index (χ3v) is 5.53. The van der Waals surface area contributed by atoms with E-state index < -0.39 is 0 Å². The Kier molecular flexibility index (Phi) is 7.00. The molecule has 1 unspecified atom stereocenters. The van der Waals surface area contributed by atoms with Crippen LogP contribution in [0.2, 0.25) is 0 Å². The highest BCUT2D eigenvalue weighted by molar-refractivity contribution is 5.79. The molecule has 1 saturated carbocycles. The summed E-state index contributed by atoms with van der Waals surface area (Å²) in [5.74, 6) is 0.795. The molecule has 1 aromatic carbocycles. The molecule has 0 spiro atoms. The number of anilines is 2. The van der Waals surface area contributed by atoms with Crippen molar-refractivity contribution in [1.82, 2.24) is 15.0 Å². The smallest absolute Gasteiger partial charge is 0.182 e. The number of hydrogen-bond donors (Lipinski definition) is 1. The van der Waals surface area contributed by atoms with E-state index in [4.69, 9.17) is 9.84 Å². The monoisotopic (exact) mass is 401 g/mol. The summed E-state index contributed by atoms with van der Waals surface area (Å²) in [6, 6.07) is 7.04. The fourth-order valence-corrected chi connectivity index (χ4v) is 3.84. The minimum Gasteiger partial charge on any atom is -0.471 e. The van der Waals surface area contributed by atoms with Gasteiger partial charge in [0, 0.05) is 18.2 Å². The number of hydrogen-bond acceptors (Lipinski definition) is 6. The van der Waals surface area contributed by atoms with Gasteiger partial charge in [0.1, 0.15) is 11.4 Å². The van der Waals surface area contributed by atoms with Crippen LogP contribution in [0.1, 0.15) is 66.0 Å². The molecule has 2 aliphatic rings. The van der Waals surface area contributed by atoms with Crippen molar-refractivity contribution in [2.75, 3.05) is 9.80 Å². The summed E-state index contributed by atoms with van der Waals surface area (Å²) in [7, 11) is 0. The molecule has 4 rings (SSSR count). The number of ether oxygens (including phenoxy) is 1. The Morgan fingerprint density at radius 2 is 1.66 bits per heavy atom. The first-order valence-corrected chi connectivity index (χ1v) is 10.8. The Bertz CT molecular complexity index is 781. The van der Waals surface area contributed by atoms with E-state index in [1.54, 1.807) is 10.9 Å².